The maximum absolute atomic E-state index is 12.3. The zero-order valence-electron chi connectivity index (χ0n) is 13.6. The summed E-state index contributed by atoms with van der Waals surface area (Å²) >= 11 is 0. The van der Waals surface area contributed by atoms with Crippen molar-refractivity contribution in [3.8, 4) is 0 Å². The fraction of sp³-hybridized carbons (Fsp3) is 0.625. The SMILES string of the molecule is Cc1ccc(C(=O)N2CCN(CC(=O)NCC(C)C)CC2)o1. The molecule has 2 rings (SSSR count). The number of amides is 2. The molecule has 2 amide bonds. The van der Waals surface area contributed by atoms with E-state index in [4.69, 9.17) is 4.42 Å². The molecular formula is C16H25N3O3. The van der Waals surface area contributed by atoms with Crippen LogP contribution in [0.4, 0.5) is 0 Å². The lowest BCUT2D eigenvalue weighted by molar-refractivity contribution is -0.122. The molecule has 6 heteroatoms. The van der Waals surface area contributed by atoms with E-state index < -0.39 is 0 Å². The van der Waals surface area contributed by atoms with Gasteiger partial charge in [-0.25, -0.2) is 0 Å². The summed E-state index contributed by atoms with van der Waals surface area (Å²) in [7, 11) is 0. The van der Waals surface area contributed by atoms with Crippen LogP contribution in [0.15, 0.2) is 16.5 Å². The molecule has 0 spiro atoms. The lowest BCUT2D eigenvalue weighted by Gasteiger charge is -2.33. The number of nitrogens with zero attached hydrogens (tertiary/aromatic N) is 2. The molecule has 0 atom stereocenters. The molecule has 0 bridgehead atoms. The average molecular weight is 307 g/mol. The molecule has 0 aliphatic carbocycles. The van der Waals surface area contributed by atoms with Crippen molar-refractivity contribution < 1.29 is 14.0 Å². The zero-order valence-corrected chi connectivity index (χ0v) is 13.6. The molecule has 1 N–H and O–H groups in total. The largest absolute Gasteiger partial charge is 0.456 e. The van der Waals surface area contributed by atoms with Gasteiger partial charge in [0, 0.05) is 32.7 Å². The van der Waals surface area contributed by atoms with Crippen LogP contribution in [0.2, 0.25) is 0 Å². The lowest BCUT2D eigenvalue weighted by Crippen LogP contribution is -2.51. The van der Waals surface area contributed by atoms with Crippen molar-refractivity contribution in [2.45, 2.75) is 20.8 Å². The number of hydrogen-bond acceptors (Lipinski definition) is 4. The minimum absolute atomic E-state index is 0.0511. The fourth-order valence-electron chi connectivity index (χ4n) is 2.39. The molecule has 1 aromatic heterocycles. The summed E-state index contributed by atoms with van der Waals surface area (Å²) in [6, 6.07) is 3.51. The highest BCUT2D eigenvalue weighted by Gasteiger charge is 2.24. The van der Waals surface area contributed by atoms with E-state index in [1.807, 2.05) is 6.92 Å². The number of carbonyl (C=O) groups excluding carboxylic acids is 2. The molecule has 1 aliphatic rings. The summed E-state index contributed by atoms with van der Waals surface area (Å²) in [6.45, 7) is 9.73. The minimum Gasteiger partial charge on any atom is -0.456 e. The maximum Gasteiger partial charge on any atom is 0.289 e. The van der Waals surface area contributed by atoms with Gasteiger partial charge in [-0.1, -0.05) is 13.8 Å². The topological polar surface area (TPSA) is 65.8 Å². The van der Waals surface area contributed by atoms with E-state index in [-0.39, 0.29) is 11.8 Å². The number of nitrogens with one attached hydrogen (secondary N) is 1. The second-order valence-corrected chi connectivity index (χ2v) is 6.18. The van der Waals surface area contributed by atoms with Gasteiger partial charge in [0.25, 0.3) is 5.91 Å². The quantitative estimate of drug-likeness (QED) is 0.885. The number of carbonyl (C=O) groups is 2. The third-order valence-corrected chi connectivity index (χ3v) is 3.69. The summed E-state index contributed by atoms with van der Waals surface area (Å²) in [5.74, 6) is 1.56. The van der Waals surface area contributed by atoms with Crippen molar-refractivity contribution >= 4 is 11.8 Å². The summed E-state index contributed by atoms with van der Waals surface area (Å²) < 4.78 is 5.38. The second-order valence-electron chi connectivity index (χ2n) is 6.18. The van der Waals surface area contributed by atoms with E-state index in [0.29, 0.717) is 50.9 Å². The van der Waals surface area contributed by atoms with E-state index in [1.165, 1.54) is 0 Å². The monoisotopic (exact) mass is 307 g/mol. The minimum atomic E-state index is -0.0722. The van der Waals surface area contributed by atoms with Crippen LogP contribution in [0.3, 0.4) is 0 Å². The van der Waals surface area contributed by atoms with Gasteiger partial charge in [-0.05, 0) is 25.0 Å². The Bertz CT molecular complexity index is 516. The van der Waals surface area contributed by atoms with Gasteiger partial charge < -0.3 is 14.6 Å². The Hall–Kier alpha value is -1.82. The van der Waals surface area contributed by atoms with Crippen LogP contribution in [0.5, 0.6) is 0 Å². The fourth-order valence-corrected chi connectivity index (χ4v) is 2.39. The van der Waals surface area contributed by atoms with Gasteiger partial charge in [0.15, 0.2) is 5.76 Å². The molecule has 6 nitrogen and oxygen atoms in total. The number of hydrogen-bond donors (Lipinski definition) is 1. The maximum atomic E-state index is 12.3. The number of rotatable bonds is 5. The van der Waals surface area contributed by atoms with Crippen LogP contribution in [-0.2, 0) is 4.79 Å². The first-order chi connectivity index (χ1) is 10.5. The summed E-state index contributed by atoms with van der Waals surface area (Å²) in [6.07, 6.45) is 0. The van der Waals surface area contributed by atoms with Crippen LogP contribution in [0.1, 0.15) is 30.2 Å². The third kappa shape index (κ3) is 4.59. The third-order valence-electron chi connectivity index (χ3n) is 3.69. The second kappa shape index (κ2) is 7.45. The Morgan fingerprint density at radius 2 is 1.91 bits per heavy atom. The van der Waals surface area contributed by atoms with E-state index >= 15 is 0 Å². The van der Waals surface area contributed by atoms with Crippen molar-refractivity contribution in [3.05, 3.63) is 23.7 Å². The molecule has 1 fully saturated rings. The van der Waals surface area contributed by atoms with Crippen molar-refractivity contribution in [1.29, 1.82) is 0 Å². The Morgan fingerprint density at radius 1 is 1.23 bits per heavy atom. The number of aryl methyl sites for hydroxylation is 1. The molecule has 122 valence electrons. The summed E-state index contributed by atoms with van der Waals surface area (Å²) in [5, 5.41) is 2.92. The Labute approximate surface area is 131 Å². The predicted molar refractivity (Wildman–Crippen MR) is 83.6 cm³/mol. The van der Waals surface area contributed by atoms with Gasteiger partial charge >= 0.3 is 0 Å². The van der Waals surface area contributed by atoms with Crippen molar-refractivity contribution in [2.24, 2.45) is 5.92 Å². The van der Waals surface area contributed by atoms with Crippen molar-refractivity contribution in [2.75, 3.05) is 39.3 Å². The molecule has 0 radical (unpaired) electrons. The van der Waals surface area contributed by atoms with E-state index in [2.05, 4.69) is 24.1 Å². The van der Waals surface area contributed by atoms with Crippen LogP contribution < -0.4 is 5.32 Å². The smallest absolute Gasteiger partial charge is 0.289 e. The van der Waals surface area contributed by atoms with Gasteiger partial charge in [0.1, 0.15) is 5.76 Å². The molecule has 22 heavy (non-hydrogen) atoms. The van der Waals surface area contributed by atoms with E-state index in [1.54, 1.807) is 17.0 Å². The standard InChI is InChI=1S/C16H25N3O3/c1-12(2)10-17-15(20)11-18-6-8-19(9-7-18)16(21)14-5-4-13(3)22-14/h4-5,12H,6-11H2,1-3H3,(H,17,20). The van der Waals surface area contributed by atoms with Crippen LogP contribution in [-0.4, -0.2) is 60.9 Å². The van der Waals surface area contributed by atoms with E-state index in [9.17, 15) is 9.59 Å². The van der Waals surface area contributed by atoms with Crippen LogP contribution in [0.25, 0.3) is 0 Å². The van der Waals surface area contributed by atoms with E-state index in [0.717, 1.165) is 5.76 Å². The Morgan fingerprint density at radius 3 is 2.45 bits per heavy atom. The Kier molecular flexibility index (Phi) is 5.60. The number of piperazine rings is 1. The summed E-state index contributed by atoms with van der Waals surface area (Å²) in [5.41, 5.74) is 0. The normalized spacial score (nSPS) is 16.1. The molecule has 2 heterocycles. The van der Waals surface area contributed by atoms with Crippen molar-refractivity contribution in [1.82, 2.24) is 15.1 Å². The highest BCUT2D eigenvalue weighted by Crippen LogP contribution is 2.11. The molecule has 0 saturated carbocycles. The first-order valence-electron chi connectivity index (χ1n) is 7.80. The first-order valence-corrected chi connectivity index (χ1v) is 7.80. The molecule has 0 unspecified atom stereocenters. The Balaban J connectivity index is 1.76. The van der Waals surface area contributed by atoms with Gasteiger partial charge in [-0.2, -0.15) is 0 Å². The zero-order chi connectivity index (χ0) is 16.1. The van der Waals surface area contributed by atoms with Crippen LogP contribution >= 0.6 is 0 Å². The molecular weight excluding hydrogens is 282 g/mol. The molecule has 1 saturated heterocycles. The lowest BCUT2D eigenvalue weighted by atomic mass is 10.2. The van der Waals surface area contributed by atoms with Gasteiger partial charge in [-0.3, -0.25) is 14.5 Å². The molecule has 1 aliphatic heterocycles. The van der Waals surface area contributed by atoms with Gasteiger partial charge in [0.2, 0.25) is 5.91 Å². The first kappa shape index (κ1) is 16.5. The molecule has 0 aromatic carbocycles. The molecule has 1 aromatic rings. The number of furan rings is 1. The summed E-state index contributed by atoms with van der Waals surface area (Å²) in [4.78, 5) is 27.9. The predicted octanol–water partition coefficient (Wildman–Crippen LogP) is 1.12. The van der Waals surface area contributed by atoms with Crippen molar-refractivity contribution in [3.63, 3.8) is 0 Å². The average Bonchev–Trinajstić information content (AvgIpc) is 2.92. The van der Waals surface area contributed by atoms with Gasteiger partial charge in [0.05, 0.1) is 6.54 Å². The van der Waals surface area contributed by atoms with Gasteiger partial charge in [-0.15, -0.1) is 0 Å². The van der Waals surface area contributed by atoms with Crippen LogP contribution in [0, 0.1) is 12.8 Å². The highest BCUT2D eigenvalue weighted by atomic mass is 16.3. The highest BCUT2D eigenvalue weighted by molar-refractivity contribution is 5.91.